The molecule has 0 N–H and O–H groups in total. The molecule has 0 aliphatic heterocycles. The highest BCUT2D eigenvalue weighted by atomic mass is 28.3. The molecule has 2 saturated carbocycles. The Labute approximate surface area is 77.3 Å². The largest absolute Gasteiger partial charge is 0.344 e. The van der Waals surface area contributed by atoms with Crippen LogP contribution in [-0.2, 0) is 0 Å². The average molecular weight is 202 g/mol. The van der Waals surface area contributed by atoms with Crippen LogP contribution in [0.25, 0.3) is 0 Å². The standard InChI is InChI=1S/C6H18N2Si3/c9-7(5-1-2-5)11-8(10)6-3-4-6/h5-6H,1-4,11H2,9-10H3. The minimum Gasteiger partial charge on any atom is -0.344 e. The van der Waals surface area contributed by atoms with Gasteiger partial charge in [0.2, 0.25) is 0 Å². The van der Waals surface area contributed by atoms with Gasteiger partial charge in [-0.05, 0) is 37.8 Å². The molecular weight excluding hydrogens is 184 g/mol. The fraction of sp³-hybridized carbons (Fsp3) is 1.00. The lowest BCUT2D eigenvalue weighted by Crippen LogP contribution is -2.41. The molecule has 11 heavy (non-hydrogen) atoms. The molecule has 5 heteroatoms. The maximum atomic E-state index is 2.80. The first kappa shape index (κ1) is 8.18. The van der Waals surface area contributed by atoms with Crippen LogP contribution in [0, 0.1) is 0 Å². The van der Waals surface area contributed by atoms with E-state index in [1.165, 1.54) is 46.5 Å². The van der Waals surface area contributed by atoms with Crippen LogP contribution in [0.2, 0.25) is 0 Å². The van der Waals surface area contributed by atoms with E-state index in [2.05, 4.69) is 8.46 Å². The number of rotatable bonds is 4. The Morgan fingerprint density at radius 1 is 0.909 bits per heavy atom. The molecule has 0 aromatic heterocycles. The van der Waals surface area contributed by atoms with E-state index in [9.17, 15) is 0 Å². The van der Waals surface area contributed by atoms with Crippen LogP contribution in [-0.4, -0.2) is 51.2 Å². The lowest BCUT2D eigenvalue weighted by molar-refractivity contribution is 0.579. The monoisotopic (exact) mass is 202 g/mol. The highest BCUT2D eigenvalue weighted by Gasteiger charge is 2.30. The summed E-state index contributed by atoms with van der Waals surface area (Å²) in [6.45, 7) is 0. The molecule has 2 fully saturated rings. The quantitative estimate of drug-likeness (QED) is 0.464. The summed E-state index contributed by atoms with van der Waals surface area (Å²) in [4.78, 5) is 0. The fourth-order valence-electron chi connectivity index (χ4n) is 1.61. The van der Waals surface area contributed by atoms with Crippen LogP contribution < -0.4 is 0 Å². The summed E-state index contributed by atoms with van der Waals surface area (Å²) in [7, 11) is 2.75. The second-order valence-corrected chi connectivity index (χ2v) is 11.2. The minimum atomic E-state index is 0.0802. The molecular formula is C6H18N2Si3. The molecule has 0 spiro atoms. The third-order valence-electron chi connectivity index (χ3n) is 2.79. The first-order valence-corrected chi connectivity index (χ1v) is 7.73. The summed E-state index contributed by atoms with van der Waals surface area (Å²) in [6.07, 6.45) is 6.04. The summed E-state index contributed by atoms with van der Waals surface area (Å²) < 4.78 is 5.59. The van der Waals surface area contributed by atoms with Crippen molar-refractivity contribution in [3.05, 3.63) is 0 Å². The lowest BCUT2D eigenvalue weighted by atomic mass is 10.8. The van der Waals surface area contributed by atoms with E-state index in [0.717, 1.165) is 12.1 Å². The minimum absolute atomic E-state index is 0.0802. The van der Waals surface area contributed by atoms with Gasteiger partial charge in [0.05, 0.1) is 20.8 Å². The molecule has 0 amide bonds. The highest BCUT2D eigenvalue weighted by Crippen LogP contribution is 2.27. The zero-order chi connectivity index (χ0) is 7.84. The smallest absolute Gasteiger partial charge is 0.158 e. The zero-order valence-electron chi connectivity index (χ0n) is 7.58. The van der Waals surface area contributed by atoms with Crippen LogP contribution in [0.4, 0.5) is 0 Å². The van der Waals surface area contributed by atoms with E-state index < -0.39 is 0 Å². The number of hydrogen-bond donors (Lipinski definition) is 0. The van der Waals surface area contributed by atoms with Gasteiger partial charge in [-0.1, -0.05) is 0 Å². The van der Waals surface area contributed by atoms with Crippen molar-refractivity contribution in [2.24, 2.45) is 0 Å². The van der Waals surface area contributed by atoms with Crippen molar-refractivity contribution in [2.75, 3.05) is 0 Å². The maximum Gasteiger partial charge on any atom is 0.158 e. The maximum absolute atomic E-state index is 2.80. The second-order valence-electron chi connectivity index (χ2n) is 4.12. The Balaban J connectivity index is 1.69. The Kier molecular flexibility index (Phi) is 2.33. The number of nitrogens with zero attached hydrogens (tertiary/aromatic N) is 2. The summed E-state index contributed by atoms with van der Waals surface area (Å²) in [5, 5.41) is 0. The lowest BCUT2D eigenvalue weighted by Gasteiger charge is -2.23. The molecule has 0 aromatic carbocycles. The third kappa shape index (κ3) is 2.25. The Morgan fingerprint density at radius 2 is 1.27 bits per heavy atom. The molecule has 0 heterocycles. The normalized spacial score (nSPS) is 26.7. The Bertz CT molecular complexity index is 131. The molecule has 0 aromatic rings. The van der Waals surface area contributed by atoms with Gasteiger partial charge >= 0.3 is 0 Å². The third-order valence-corrected chi connectivity index (χ3v) is 7.87. The van der Waals surface area contributed by atoms with E-state index in [1.54, 1.807) is 0 Å². The summed E-state index contributed by atoms with van der Waals surface area (Å²) >= 11 is 0. The van der Waals surface area contributed by atoms with Gasteiger partial charge in [0, 0.05) is 0 Å². The van der Waals surface area contributed by atoms with Gasteiger partial charge in [-0.3, -0.25) is 0 Å². The van der Waals surface area contributed by atoms with E-state index in [4.69, 9.17) is 0 Å². The Morgan fingerprint density at radius 3 is 1.55 bits per heavy atom. The molecule has 0 radical (unpaired) electrons. The number of hydrogen-bond acceptors (Lipinski definition) is 2. The van der Waals surface area contributed by atoms with Crippen molar-refractivity contribution in [1.29, 1.82) is 0 Å². The van der Waals surface area contributed by atoms with Gasteiger partial charge in [-0.15, -0.1) is 0 Å². The summed E-state index contributed by atoms with van der Waals surface area (Å²) in [5.41, 5.74) is 0. The average Bonchev–Trinajstić information content (AvgIpc) is 2.84. The topological polar surface area (TPSA) is 6.48 Å². The first-order chi connectivity index (χ1) is 5.27. The SMILES string of the molecule is [SiH3]N([SiH2]N([SiH3])C1CC1)C1CC1. The highest BCUT2D eigenvalue weighted by molar-refractivity contribution is 6.46. The Hall–Kier alpha value is 0.571. The second kappa shape index (κ2) is 3.14. The van der Waals surface area contributed by atoms with Gasteiger partial charge in [-0.25, -0.2) is 0 Å². The van der Waals surface area contributed by atoms with Gasteiger partial charge in [0.15, 0.2) is 9.84 Å². The summed E-state index contributed by atoms with van der Waals surface area (Å²) in [6, 6.07) is 2.12. The molecule has 0 atom stereocenters. The van der Waals surface area contributed by atoms with E-state index >= 15 is 0 Å². The van der Waals surface area contributed by atoms with Crippen molar-refractivity contribution in [3.63, 3.8) is 0 Å². The molecule has 2 rings (SSSR count). The predicted molar refractivity (Wildman–Crippen MR) is 58.1 cm³/mol. The van der Waals surface area contributed by atoms with Crippen LogP contribution in [0.3, 0.4) is 0 Å². The molecule has 2 aliphatic carbocycles. The van der Waals surface area contributed by atoms with Gasteiger partial charge < -0.3 is 8.46 Å². The van der Waals surface area contributed by atoms with Crippen LogP contribution in [0.5, 0.6) is 0 Å². The predicted octanol–water partition coefficient (Wildman–Crippen LogP) is -2.53. The summed E-state index contributed by atoms with van der Waals surface area (Å²) in [5.74, 6) is 0. The van der Waals surface area contributed by atoms with Crippen molar-refractivity contribution >= 4 is 30.7 Å². The van der Waals surface area contributed by atoms with E-state index in [1.807, 2.05) is 0 Å². The molecule has 0 unspecified atom stereocenters. The van der Waals surface area contributed by atoms with Crippen LogP contribution in [0.1, 0.15) is 25.7 Å². The van der Waals surface area contributed by atoms with Gasteiger partial charge in [0.25, 0.3) is 0 Å². The van der Waals surface area contributed by atoms with Crippen molar-refractivity contribution in [3.8, 4) is 0 Å². The van der Waals surface area contributed by atoms with Crippen molar-refractivity contribution in [2.45, 2.75) is 37.8 Å². The van der Waals surface area contributed by atoms with Gasteiger partial charge in [0.1, 0.15) is 0 Å². The van der Waals surface area contributed by atoms with E-state index in [-0.39, 0.29) is 9.84 Å². The fourth-order valence-corrected chi connectivity index (χ4v) is 8.92. The van der Waals surface area contributed by atoms with E-state index in [0.29, 0.717) is 0 Å². The van der Waals surface area contributed by atoms with Crippen molar-refractivity contribution in [1.82, 2.24) is 8.46 Å². The molecule has 64 valence electrons. The van der Waals surface area contributed by atoms with Crippen molar-refractivity contribution < 1.29 is 0 Å². The van der Waals surface area contributed by atoms with Crippen LogP contribution >= 0.6 is 0 Å². The molecule has 0 bridgehead atoms. The molecule has 0 saturated heterocycles. The first-order valence-electron chi connectivity index (χ1n) is 4.68. The zero-order valence-corrected chi connectivity index (χ0v) is 13.0. The van der Waals surface area contributed by atoms with Gasteiger partial charge in [-0.2, -0.15) is 0 Å². The molecule has 2 nitrogen and oxygen atoms in total. The van der Waals surface area contributed by atoms with Crippen LogP contribution in [0.15, 0.2) is 0 Å². The molecule has 2 aliphatic rings.